The molecular weight excluding hydrogens is 328 g/mol. The molecule has 2 rings (SSSR count). The molecule has 2 fully saturated rings. The summed E-state index contributed by atoms with van der Waals surface area (Å²) in [6.45, 7) is 12.3. The SMILES string of the molecule is CC(C)(C=CC(C)(C)OOC1(C)CCCCC1)OOC1(C)CCCCC1. The Bertz CT molecular complexity index is 413. The van der Waals surface area contributed by atoms with Crippen LogP contribution in [-0.4, -0.2) is 22.4 Å². The number of rotatable bonds is 8. The van der Waals surface area contributed by atoms with Gasteiger partial charge in [0.1, 0.15) is 22.4 Å². The summed E-state index contributed by atoms with van der Waals surface area (Å²) in [5, 5.41) is 0. The maximum atomic E-state index is 5.85. The molecule has 152 valence electrons. The molecule has 0 N–H and O–H groups in total. The van der Waals surface area contributed by atoms with Gasteiger partial charge in [-0.25, -0.2) is 19.6 Å². The molecule has 4 heteroatoms. The first-order valence-corrected chi connectivity index (χ1v) is 10.5. The van der Waals surface area contributed by atoms with Crippen LogP contribution in [-0.2, 0) is 19.6 Å². The Labute approximate surface area is 160 Å². The van der Waals surface area contributed by atoms with Gasteiger partial charge in [0, 0.05) is 0 Å². The van der Waals surface area contributed by atoms with Crippen molar-refractivity contribution in [2.45, 2.75) is 128 Å². The van der Waals surface area contributed by atoms with Crippen LogP contribution in [0.3, 0.4) is 0 Å². The van der Waals surface area contributed by atoms with Crippen LogP contribution in [0.15, 0.2) is 12.2 Å². The van der Waals surface area contributed by atoms with Crippen LogP contribution in [0.2, 0.25) is 0 Å². The molecule has 26 heavy (non-hydrogen) atoms. The maximum Gasteiger partial charge on any atom is 0.116 e. The first-order chi connectivity index (χ1) is 12.0. The Balaban J connectivity index is 1.82. The second kappa shape index (κ2) is 8.72. The van der Waals surface area contributed by atoms with Crippen LogP contribution in [0.4, 0.5) is 0 Å². The molecule has 4 nitrogen and oxygen atoms in total. The molecule has 0 heterocycles. The molecular formula is C22H40O4. The van der Waals surface area contributed by atoms with Crippen molar-refractivity contribution in [2.24, 2.45) is 0 Å². The van der Waals surface area contributed by atoms with E-state index in [4.69, 9.17) is 19.6 Å². The minimum absolute atomic E-state index is 0.159. The molecule has 0 aliphatic heterocycles. The quantitative estimate of drug-likeness (QED) is 0.280. The molecule has 2 aliphatic rings. The third kappa shape index (κ3) is 7.30. The Morgan fingerprint density at radius 2 is 0.885 bits per heavy atom. The number of hydrogen-bond donors (Lipinski definition) is 0. The summed E-state index contributed by atoms with van der Waals surface area (Å²) in [5.74, 6) is 0. The normalized spacial score (nSPS) is 24.1. The van der Waals surface area contributed by atoms with Crippen molar-refractivity contribution in [3.8, 4) is 0 Å². The highest BCUT2D eigenvalue weighted by molar-refractivity contribution is 5.04. The van der Waals surface area contributed by atoms with Crippen molar-refractivity contribution < 1.29 is 19.6 Å². The van der Waals surface area contributed by atoms with Gasteiger partial charge < -0.3 is 0 Å². The summed E-state index contributed by atoms with van der Waals surface area (Å²) in [6, 6.07) is 0. The van der Waals surface area contributed by atoms with Crippen LogP contribution in [0.25, 0.3) is 0 Å². The van der Waals surface area contributed by atoms with Crippen LogP contribution < -0.4 is 0 Å². The van der Waals surface area contributed by atoms with Gasteiger partial charge >= 0.3 is 0 Å². The maximum absolute atomic E-state index is 5.85. The Kier molecular flexibility index (Phi) is 7.34. The molecule has 0 atom stereocenters. The topological polar surface area (TPSA) is 36.9 Å². The van der Waals surface area contributed by atoms with Gasteiger partial charge in [-0.1, -0.05) is 50.7 Å². The van der Waals surface area contributed by atoms with E-state index in [9.17, 15) is 0 Å². The summed E-state index contributed by atoms with van der Waals surface area (Å²) in [4.78, 5) is 23.3. The van der Waals surface area contributed by atoms with Crippen LogP contribution in [0, 0.1) is 0 Å². The lowest BCUT2D eigenvalue weighted by Gasteiger charge is -2.36. The summed E-state index contributed by atoms with van der Waals surface area (Å²) in [6.07, 6.45) is 15.7. The lowest BCUT2D eigenvalue weighted by Crippen LogP contribution is -2.37. The zero-order valence-electron chi connectivity index (χ0n) is 17.9. The second-order valence-corrected chi connectivity index (χ2v) is 9.89. The molecule has 0 saturated heterocycles. The molecule has 0 bridgehead atoms. The van der Waals surface area contributed by atoms with Crippen molar-refractivity contribution in [1.29, 1.82) is 0 Å². The van der Waals surface area contributed by atoms with Crippen molar-refractivity contribution in [3.05, 3.63) is 12.2 Å². The molecule has 0 amide bonds. The van der Waals surface area contributed by atoms with Crippen molar-refractivity contribution in [3.63, 3.8) is 0 Å². The van der Waals surface area contributed by atoms with E-state index in [1.807, 2.05) is 39.8 Å². The van der Waals surface area contributed by atoms with E-state index in [0.29, 0.717) is 0 Å². The lowest BCUT2D eigenvalue weighted by molar-refractivity contribution is -0.402. The average molecular weight is 369 g/mol. The van der Waals surface area contributed by atoms with Gasteiger partial charge in [-0.3, -0.25) is 0 Å². The van der Waals surface area contributed by atoms with Gasteiger partial charge in [-0.15, -0.1) is 0 Å². The minimum atomic E-state index is -0.518. The van der Waals surface area contributed by atoms with Gasteiger partial charge in [-0.05, 0) is 67.2 Å². The van der Waals surface area contributed by atoms with Gasteiger partial charge in [0.25, 0.3) is 0 Å². The highest BCUT2D eigenvalue weighted by atomic mass is 17.2. The fourth-order valence-electron chi connectivity index (χ4n) is 3.64. The first kappa shape index (κ1) is 21.9. The van der Waals surface area contributed by atoms with Crippen LogP contribution in [0.5, 0.6) is 0 Å². The summed E-state index contributed by atoms with van der Waals surface area (Å²) >= 11 is 0. The van der Waals surface area contributed by atoms with E-state index >= 15 is 0 Å². The van der Waals surface area contributed by atoms with Gasteiger partial charge in [0.2, 0.25) is 0 Å². The van der Waals surface area contributed by atoms with Crippen molar-refractivity contribution in [2.75, 3.05) is 0 Å². The van der Waals surface area contributed by atoms with Crippen molar-refractivity contribution >= 4 is 0 Å². The molecule has 0 radical (unpaired) electrons. The van der Waals surface area contributed by atoms with E-state index in [1.165, 1.54) is 38.5 Å². The largest absolute Gasteiger partial charge is 0.229 e. The highest BCUT2D eigenvalue weighted by Gasteiger charge is 2.33. The fourth-order valence-corrected chi connectivity index (χ4v) is 3.64. The van der Waals surface area contributed by atoms with Crippen LogP contribution >= 0.6 is 0 Å². The standard InChI is InChI=1S/C22H40O4/c1-19(2,23-25-21(5)13-9-7-10-14-21)17-18-20(3,4)24-26-22(6)15-11-8-12-16-22/h17-18H,7-16H2,1-6H3. The van der Waals surface area contributed by atoms with E-state index in [2.05, 4.69) is 13.8 Å². The van der Waals surface area contributed by atoms with Gasteiger partial charge in [-0.2, -0.15) is 0 Å². The monoisotopic (exact) mass is 368 g/mol. The van der Waals surface area contributed by atoms with E-state index in [1.54, 1.807) is 0 Å². The highest BCUT2D eigenvalue weighted by Crippen LogP contribution is 2.34. The fraction of sp³-hybridized carbons (Fsp3) is 0.909. The molecule has 0 aromatic rings. The van der Waals surface area contributed by atoms with E-state index < -0.39 is 11.2 Å². The zero-order chi connectivity index (χ0) is 19.3. The molecule has 2 saturated carbocycles. The predicted octanol–water partition coefficient (Wildman–Crippen LogP) is 6.44. The van der Waals surface area contributed by atoms with Crippen molar-refractivity contribution in [1.82, 2.24) is 0 Å². The summed E-state index contributed by atoms with van der Waals surface area (Å²) < 4.78 is 0. The smallest absolute Gasteiger partial charge is 0.116 e. The van der Waals surface area contributed by atoms with Gasteiger partial charge in [0.05, 0.1) is 0 Å². The zero-order valence-corrected chi connectivity index (χ0v) is 17.9. The third-order valence-corrected chi connectivity index (χ3v) is 5.62. The van der Waals surface area contributed by atoms with E-state index in [-0.39, 0.29) is 11.2 Å². The summed E-state index contributed by atoms with van der Waals surface area (Å²) in [5.41, 5.74) is -1.35. The van der Waals surface area contributed by atoms with Gasteiger partial charge in [0.15, 0.2) is 0 Å². The molecule has 0 spiro atoms. The number of hydrogen-bond acceptors (Lipinski definition) is 4. The molecule has 2 aliphatic carbocycles. The Morgan fingerprint density at radius 3 is 1.19 bits per heavy atom. The predicted molar refractivity (Wildman–Crippen MR) is 105 cm³/mol. The molecule has 0 unspecified atom stereocenters. The summed E-state index contributed by atoms with van der Waals surface area (Å²) in [7, 11) is 0. The van der Waals surface area contributed by atoms with E-state index in [0.717, 1.165) is 25.7 Å². The average Bonchev–Trinajstić information content (AvgIpc) is 2.59. The Hall–Kier alpha value is -0.420. The lowest BCUT2D eigenvalue weighted by atomic mass is 9.87. The Morgan fingerprint density at radius 1 is 0.577 bits per heavy atom. The molecule has 0 aromatic heterocycles. The van der Waals surface area contributed by atoms with Crippen LogP contribution in [0.1, 0.15) is 106 Å². The second-order valence-electron chi connectivity index (χ2n) is 9.89. The minimum Gasteiger partial charge on any atom is -0.229 e. The first-order valence-electron chi connectivity index (χ1n) is 10.5. The molecule has 0 aromatic carbocycles. The third-order valence-electron chi connectivity index (χ3n) is 5.62.